The average molecular weight is 139 g/mol. The molecule has 0 amide bonds. The summed E-state index contributed by atoms with van der Waals surface area (Å²) in [4.78, 5) is 2.00. The Hall–Kier alpha value is -0.843. The van der Waals surface area contributed by atoms with E-state index in [2.05, 4.69) is 0 Å². The van der Waals surface area contributed by atoms with E-state index < -0.39 is 0 Å². The molecule has 0 saturated carbocycles. The molecule has 0 aliphatic carbocycles. The minimum Gasteiger partial charge on any atom is -0.312 e. The van der Waals surface area contributed by atoms with Crippen LogP contribution in [0.3, 0.4) is 0 Å². The van der Waals surface area contributed by atoms with Crippen LogP contribution >= 0.6 is 0 Å². The monoisotopic (exact) mass is 139 g/mol. The molecular formula is C5H9N3Si+4. The Morgan fingerprint density at radius 2 is 1.11 bits per heavy atom. The molecule has 0 rings (SSSR count). The average Bonchev–Trinajstić information content (AvgIpc) is 1.65. The maximum absolute atomic E-state index is 7.26. The van der Waals surface area contributed by atoms with Crippen LogP contribution in [0.4, 0.5) is 0 Å². The van der Waals surface area contributed by atoms with Crippen molar-refractivity contribution < 1.29 is 0 Å². The molecule has 0 bridgehead atoms. The normalized spacial score (nSPS) is 5.11. The van der Waals surface area contributed by atoms with Crippen molar-refractivity contribution in [2.75, 3.05) is 21.1 Å². The van der Waals surface area contributed by atoms with Gasteiger partial charge in [0.2, 0.25) is 0 Å². The fraction of sp³-hybridized carbons (Fsp3) is 0.600. The first-order valence-corrected chi connectivity index (χ1v) is 2.04. The van der Waals surface area contributed by atoms with Crippen LogP contribution in [0.5, 0.6) is 0 Å². The maximum atomic E-state index is 7.26. The van der Waals surface area contributed by atoms with Crippen LogP contribution < -0.4 is 0 Å². The van der Waals surface area contributed by atoms with E-state index in [1.165, 1.54) is 12.1 Å². The van der Waals surface area contributed by atoms with Crippen molar-refractivity contribution in [2.45, 2.75) is 0 Å². The van der Waals surface area contributed by atoms with Crippen LogP contribution in [-0.4, -0.2) is 37.0 Å². The summed E-state index contributed by atoms with van der Waals surface area (Å²) in [6, 6.07) is 2.47. The minimum absolute atomic E-state index is 0. The number of nitrogens with zero attached hydrogens (tertiary/aromatic N) is 3. The van der Waals surface area contributed by atoms with Crippen molar-refractivity contribution in [3.8, 4) is 12.1 Å². The molecule has 0 unspecified atom stereocenters. The molecule has 0 atom stereocenters. The fourth-order valence-electron chi connectivity index (χ4n) is 0. The van der Waals surface area contributed by atoms with Gasteiger partial charge in [0.15, 0.2) is 12.1 Å². The van der Waals surface area contributed by atoms with Crippen LogP contribution in [0.1, 0.15) is 0 Å². The zero-order valence-electron chi connectivity index (χ0n) is 5.84. The van der Waals surface area contributed by atoms with Crippen molar-refractivity contribution >= 4 is 11.0 Å². The van der Waals surface area contributed by atoms with E-state index >= 15 is 0 Å². The molecule has 0 aromatic rings. The van der Waals surface area contributed by atoms with Gasteiger partial charge in [0.1, 0.15) is 0 Å². The summed E-state index contributed by atoms with van der Waals surface area (Å²) >= 11 is 0. The van der Waals surface area contributed by atoms with Gasteiger partial charge >= 0.3 is 11.0 Å². The SMILES string of the molecule is CN(C)C.N#CC#N.[Si+4]. The number of hydrogen-bond donors (Lipinski definition) is 0. The Bertz CT molecular complexity index is 93.6. The fourth-order valence-corrected chi connectivity index (χ4v) is 0. The molecule has 0 aromatic heterocycles. The smallest absolute Gasteiger partial charge is 0.312 e. The van der Waals surface area contributed by atoms with Crippen LogP contribution in [0.15, 0.2) is 0 Å². The summed E-state index contributed by atoms with van der Waals surface area (Å²) in [5.41, 5.74) is 0. The van der Waals surface area contributed by atoms with Crippen molar-refractivity contribution in [2.24, 2.45) is 0 Å². The number of nitriles is 2. The van der Waals surface area contributed by atoms with E-state index in [-0.39, 0.29) is 11.0 Å². The molecule has 0 fully saturated rings. The summed E-state index contributed by atoms with van der Waals surface area (Å²) < 4.78 is 0. The molecule has 9 heavy (non-hydrogen) atoms. The zero-order valence-corrected chi connectivity index (χ0v) is 6.84. The summed E-state index contributed by atoms with van der Waals surface area (Å²) in [6.45, 7) is 0. The largest absolute Gasteiger partial charge is 4.00 e. The van der Waals surface area contributed by atoms with Gasteiger partial charge in [0.25, 0.3) is 0 Å². The van der Waals surface area contributed by atoms with Gasteiger partial charge in [-0.3, -0.25) is 0 Å². The van der Waals surface area contributed by atoms with Crippen LogP contribution in [0, 0.1) is 22.7 Å². The minimum atomic E-state index is 0. The summed E-state index contributed by atoms with van der Waals surface area (Å²) in [5.74, 6) is 0. The first kappa shape index (κ1) is 15.7. The van der Waals surface area contributed by atoms with Gasteiger partial charge in [-0.15, -0.1) is 0 Å². The standard InChI is InChI=1S/C3H9N.C2N2.Si/c1-4(2)3;3-1-2-4;/h1-3H3;;/q;;+4. The molecule has 0 saturated heterocycles. The third-order valence-electron chi connectivity index (χ3n) is 0.0500. The van der Waals surface area contributed by atoms with Crippen molar-refractivity contribution in [3.63, 3.8) is 0 Å². The van der Waals surface area contributed by atoms with Gasteiger partial charge < -0.3 is 4.90 Å². The Morgan fingerprint density at radius 1 is 1.00 bits per heavy atom. The Kier molecular flexibility index (Phi) is 27.4. The first-order chi connectivity index (χ1) is 3.65. The Morgan fingerprint density at radius 3 is 1.11 bits per heavy atom. The van der Waals surface area contributed by atoms with E-state index in [1.54, 1.807) is 0 Å². The number of rotatable bonds is 0. The molecule has 44 valence electrons. The van der Waals surface area contributed by atoms with E-state index in [0.717, 1.165) is 0 Å². The van der Waals surface area contributed by atoms with Gasteiger partial charge in [-0.1, -0.05) is 0 Å². The van der Waals surface area contributed by atoms with E-state index in [4.69, 9.17) is 10.5 Å². The van der Waals surface area contributed by atoms with Gasteiger partial charge in [-0.2, -0.15) is 10.5 Å². The van der Waals surface area contributed by atoms with Gasteiger partial charge in [-0.25, -0.2) is 0 Å². The molecule has 3 nitrogen and oxygen atoms in total. The molecule has 0 aliphatic rings. The third kappa shape index (κ3) is 7730. The van der Waals surface area contributed by atoms with Gasteiger partial charge in [-0.05, 0) is 21.1 Å². The predicted molar refractivity (Wildman–Crippen MR) is 36.6 cm³/mol. The van der Waals surface area contributed by atoms with Gasteiger partial charge in [0.05, 0.1) is 0 Å². The molecule has 0 aromatic carbocycles. The second kappa shape index (κ2) is 15.7. The quantitative estimate of drug-likeness (QED) is 0.438. The van der Waals surface area contributed by atoms with E-state index in [9.17, 15) is 0 Å². The Labute approximate surface area is 60.5 Å². The van der Waals surface area contributed by atoms with Crippen LogP contribution in [0.25, 0.3) is 0 Å². The maximum Gasteiger partial charge on any atom is 4.00 e. The van der Waals surface area contributed by atoms with Crippen molar-refractivity contribution in [1.29, 1.82) is 10.5 Å². The predicted octanol–water partition coefficient (Wildman–Crippen LogP) is -0.169. The zero-order chi connectivity index (χ0) is 6.99. The molecule has 0 spiro atoms. The second-order valence-electron chi connectivity index (χ2n) is 1.57. The van der Waals surface area contributed by atoms with Crippen LogP contribution in [0.2, 0.25) is 0 Å². The molecule has 0 radical (unpaired) electrons. The summed E-state index contributed by atoms with van der Waals surface area (Å²) in [5, 5.41) is 14.5. The van der Waals surface area contributed by atoms with E-state index in [0.29, 0.717) is 0 Å². The van der Waals surface area contributed by atoms with Crippen LogP contribution in [-0.2, 0) is 0 Å². The van der Waals surface area contributed by atoms with Crippen molar-refractivity contribution in [3.05, 3.63) is 0 Å². The molecule has 4 heteroatoms. The summed E-state index contributed by atoms with van der Waals surface area (Å²) in [6.07, 6.45) is 0. The van der Waals surface area contributed by atoms with Gasteiger partial charge in [0, 0.05) is 0 Å². The molecule has 0 N–H and O–H groups in total. The topological polar surface area (TPSA) is 50.8 Å². The molecule has 0 heterocycles. The Balaban J connectivity index is -0.0000000720. The van der Waals surface area contributed by atoms with Crippen molar-refractivity contribution in [1.82, 2.24) is 4.90 Å². The van der Waals surface area contributed by atoms with E-state index in [1.807, 2.05) is 26.0 Å². The summed E-state index contributed by atoms with van der Waals surface area (Å²) in [7, 11) is 6.00. The number of hydrogen-bond acceptors (Lipinski definition) is 3. The molecule has 0 aliphatic heterocycles. The third-order valence-corrected chi connectivity index (χ3v) is 0.0500. The molecular weight excluding hydrogens is 130 g/mol. The second-order valence-corrected chi connectivity index (χ2v) is 1.57. The first-order valence-electron chi connectivity index (χ1n) is 2.04.